The van der Waals surface area contributed by atoms with E-state index in [1.165, 1.54) is 0 Å². The first kappa shape index (κ1) is 7.46. The SMILES string of the molecule is [CH2]C/C=N/C(F)(F)F. The van der Waals surface area contributed by atoms with Crippen molar-refractivity contribution in [1.82, 2.24) is 0 Å². The fourth-order valence-electron chi connectivity index (χ4n) is 0.168. The summed E-state index contributed by atoms with van der Waals surface area (Å²) in [5.41, 5.74) is 0. The van der Waals surface area contributed by atoms with Gasteiger partial charge in [-0.25, -0.2) is 0 Å². The van der Waals surface area contributed by atoms with E-state index in [1.807, 2.05) is 0 Å². The predicted molar refractivity (Wildman–Crippen MR) is 24.5 cm³/mol. The van der Waals surface area contributed by atoms with Gasteiger partial charge in [0.2, 0.25) is 0 Å². The number of halogens is 3. The van der Waals surface area contributed by atoms with Crippen molar-refractivity contribution in [1.29, 1.82) is 0 Å². The third-order valence-electron chi connectivity index (χ3n) is 0.367. The fourth-order valence-corrected chi connectivity index (χ4v) is 0.168. The first-order valence-electron chi connectivity index (χ1n) is 1.96. The lowest BCUT2D eigenvalue weighted by Gasteiger charge is -1.93. The maximum atomic E-state index is 11.0. The summed E-state index contributed by atoms with van der Waals surface area (Å²) in [6, 6.07) is 0. The number of hydrogen-bond donors (Lipinski definition) is 0. The molecule has 47 valence electrons. The van der Waals surface area contributed by atoms with Crippen LogP contribution in [0.3, 0.4) is 0 Å². The maximum Gasteiger partial charge on any atom is 0.502 e. The Hall–Kier alpha value is -0.540. The van der Waals surface area contributed by atoms with Crippen LogP contribution >= 0.6 is 0 Å². The lowest BCUT2D eigenvalue weighted by Crippen LogP contribution is -2.01. The molecular formula is C4H5F3N. The highest BCUT2D eigenvalue weighted by atomic mass is 19.4. The summed E-state index contributed by atoms with van der Waals surface area (Å²) in [5, 5.41) is 0. The van der Waals surface area contributed by atoms with Crippen LogP contribution in [0.2, 0.25) is 0 Å². The van der Waals surface area contributed by atoms with Gasteiger partial charge in [0.05, 0.1) is 0 Å². The van der Waals surface area contributed by atoms with Crippen LogP contribution in [0.1, 0.15) is 6.42 Å². The van der Waals surface area contributed by atoms with E-state index in [0.29, 0.717) is 0 Å². The summed E-state index contributed by atoms with van der Waals surface area (Å²) in [6.07, 6.45) is -3.63. The smallest absolute Gasteiger partial charge is 0.197 e. The van der Waals surface area contributed by atoms with Gasteiger partial charge >= 0.3 is 6.30 Å². The van der Waals surface area contributed by atoms with Gasteiger partial charge in [0, 0.05) is 6.21 Å². The molecule has 0 amide bonds. The Kier molecular flexibility index (Phi) is 2.51. The van der Waals surface area contributed by atoms with Crippen molar-refractivity contribution >= 4 is 6.21 Å². The Morgan fingerprint density at radius 2 is 2.00 bits per heavy atom. The molecule has 0 rings (SSSR count). The normalized spacial score (nSPS) is 13.0. The summed E-state index contributed by atoms with van der Waals surface area (Å²) in [5.74, 6) is 0. The Morgan fingerprint density at radius 3 is 2.12 bits per heavy atom. The van der Waals surface area contributed by atoms with E-state index in [0.717, 1.165) is 6.21 Å². The van der Waals surface area contributed by atoms with Gasteiger partial charge in [-0.05, 0) is 13.3 Å². The molecule has 0 aliphatic heterocycles. The van der Waals surface area contributed by atoms with Crippen LogP contribution in [0, 0.1) is 6.92 Å². The molecule has 1 radical (unpaired) electrons. The topological polar surface area (TPSA) is 12.4 Å². The summed E-state index contributed by atoms with van der Waals surface area (Å²) < 4.78 is 33.1. The number of nitrogens with zero attached hydrogens (tertiary/aromatic N) is 1. The van der Waals surface area contributed by atoms with Gasteiger partial charge in [0.15, 0.2) is 0 Å². The van der Waals surface area contributed by atoms with Crippen LogP contribution in [0.15, 0.2) is 4.99 Å². The van der Waals surface area contributed by atoms with Crippen molar-refractivity contribution in [2.24, 2.45) is 4.99 Å². The molecule has 0 aliphatic rings. The molecule has 4 heteroatoms. The van der Waals surface area contributed by atoms with Crippen LogP contribution in [0.5, 0.6) is 0 Å². The van der Waals surface area contributed by atoms with E-state index >= 15 is 0 Å². The van der Waals surface area contributed by atoms with Crippen molar-refractivity contribution < 1.29 is 13.2 Å². The largest absolute Gasteiger partial charge is 0.502 e. The number of rotatable bonds is 1. The quantitative estimate of drug-likeness (QED) is 0.373. The van der Waals surface area contributed by atoms with Crippen LogP contribution in [0.4, 0.5) is 13.2 Å². The zero-order valence-corrected chi connectivity index (χ0v) is 4.07. The highest BCUT2D eigenvalue weighted by Crippen LogP contribution is 2.14. The first-order valence-corrected chi connectivity index (χ1v) is 1.96. The van der Waals surface area contributed by atoms with Crippen LogP contribution in [-0.4, -0.2) is 12.5 Å². The van der Waals surface area contributed by atoms with Crippen LogP contribution in [0.25, 0.3) is 0 Å². The molecular weight excluding hydrogens is 119 g/mol. The highest BCUT2D eigenvalue weighted by molar-refractivity contribution is 5.57. The third kappa shape index (κ3) is 5.46. The van der Waals surface area contributed by atoms with Crippen molar-refractivity contribution in [3.63, 3.8) is 0 Å². The van der Waals surface area contributed by atoms with Gasteiger partial charge in [-0.1, -0.05) is 0 Å². The Bertz CT molecular complexity index is 83.8. The van der Waals surface area contributed by atoms with E-state index in [-0.39, 0.29) is 6.42 Å². The molecule has 0 unspecified atom stereocenters. The third-order valence-corrected chi connectivity index (χ3v) is 0.367. The van der Waals surface area contributed by atoms with Gasteiger partial charge in [0.25, 0.3) is 0 Å². The molecule has 0 bridgehead atoms. The molecule has 0 fully saturated rings. The minimum Gasteiger partial charge on any atom is -0.197 e. The summed E-state index contributed by atoms with van der Waals surface area (Å²) >= 11 is 0. The zero-order chi connectivity index (χ0) is 6.62. The molecule has 0 aliphatic carbocycles. The molecule has 8 heavy (non-hydrogen) atoms. The Labute approximate surface area is 45.2 Å². The van der Waals surface area contributed by atoms with Crippen LogP contribution in [-0.2, 0) is 0 Å². The summed E-state index contributed by atoms with van der Waals surface area (Å²) in [6.45, 7) is 3.14. The molecule has 0 aromatic heterocycles. The molecule has 0 heterocycles. The van der Waals surface area contributed by atoms with Gasteiger partial charge < -0.3 is 0 Å². The molecule has 0 N–H and O–H groups in total. The second kappa shape index (κ2) is 2.69. The highest BCUT2D eigenvalue weighted by Gasteiger charge is 2.23. The fraction of sp³-hybridized carbons (Fsp3) is 0.500. The standard InChI is InChI=1S/C4H5F3N/c1-2-3-8-4(5,6)7/h3H,1-2H2/b8-3+. The average molecular weight is 124 g/mol. The van der Waals surface area contributed by atoms with Gasteiger partial charge in [-0.15, -0.1) is 13.2 Å². The Balaban J connectivity index is 3.52. The van der Waals surface area contributed by atoms with Gasteiger partial charge in [0.1, 0.15) is 0 Å². The molecule has 0 spiro atoms. The number of hydrogen-bond acceptors (Lipinski definition) is 1. The van der Waals surface area contributed by atoms with E-state index in [1.54, 1.807) is 0 Å². The Morgan fingerprint density at radius 1 is 1.50 bits per heavy atom. The molecule has 0 saturated heterocycles. The maximum absolute atomic E-state index is 11.0. The van der Waals surface area contributed by atoms with Crippen molar-refractivity contribution in [3.05, 3.63) is 6.92 Å². The number of aliphatic imine (C=N–C) groups is 1. The number of alkyl halides is 3. The second-order valence-electron chi connectivity index (χ2n) is 1.07. The van der Waals surface area contributed by atoms with Crippen molar-refractivity contribution in [2.45, 2.75) is 12.7 Å². The zero-order valence-electron chi connectivity index (χ0n) is 4.07. The van der Waals surface area contributed by atoms with Gasteiger partial charge in [-0.2, -0.15) is 4.99 Å². The molecule has 0 aromatic carbocycles. The molecule has 0 aromatic rings. The van der Waals surface area contributed by atoms with Gasteiger partial charge in [-0.3, -0.25) is 0 Å². The van der Waals surface area contributed by atoms with Crippen LogP contribution < -0.4 is 0 Å². The molecule has 1 nitrogen and oxygen atoms in total. The lowest BCUT2D eigenvalue weighted by molar-refractivity contribution is -0.119. The predicted octanol–water partition coefficient (Wildman–Crippen LogP) is 1.80. The average Bonchev–Trinajstić information content (AvgIpc) is 1.59. The first-order chi connectivity index (χ1) is 3.56. The van der Waals surface area contributed by atoms with E-state index in [4.69, 9.17) is 0 Å². The summed E-state index contributed by atoms with van der Waals surface area (Å²) in [4.78, 5) is 2.19. The minimum atomic E-state index is -4.42. The van der Waals surface area contributed by atoms with E-state index < -0.39 is 6.30 Å². The van der Waals surface area contributed by atoms with E-state index in [2.05, 4.69) is 11.9 Å². The van der Waals surface area contributed by atoms with E-state index in [9.17, 15) is 13.2 Å². The molecule has 0 atom stereocenters. The van der Waals surface area contributed by atoms with Crippen molar-refractivity contribution in [3.8, 4) is 0 Å². The second-order valence-corrected chi connectivity index (χ2v) is 1.07. The molecule has 0 saturated carbocycles. The summed E-state index contributed by atoms with van der Waals surface area (Å²) in [7, 11) is 0. The monoisotopic (exact) mass is 124 g/mol. The lowest BCUT2D eigenvalue weighted by atomic mass is 10.5. The van der Waals surface area contributed by atoms with Crippen molar-refractivity contribution in [2.75, 3.05) is 0 Å². The minimum absolute atomic E-state index is 0.0690.